The summed E-state index contributed by atoms with van der Waals surface area (Å²) < 4.78 is 14.2. The van der Waals surface area contributed by atoms with Gasteiger partial charge in [0.1, 0.15) is 17.7 Å². The third-order valence-corrected chi connectivity index (χ3v) is 6.04. The molecule has 1 amide bonds. The summed E-state index contributed by atoms with van der Waals surface area (Å²) in [5.41, 5.74) is 1.17. The van der Waals surface area contributed by atoms with Gasteiger partial charge in [0, 0.05) is 38.3 Å². The molecule has 0 bridgehead atoms. The van der Waals surface area contributed by atoms with Gasteiger partial charge in [-0.25, -0.2) is 0 Å². The van der Waals surface area contributed by atoms with Gasteiger partial charge in [0.15, 0.2) is 11.5 Å². The van der Waals surface area contributed by atoms with Crippen LogP contribution in [0.25, 0.3) is 5.69 Å². The van der Waals surface area contributed by atoms with Gasteiger partial charge in [0.05, 0.1) is 5.69 Å². The number of amides is 1. The van der Waals surface area contributed by atoms with E-state index in [0.29, 0.717) is 35.8 Å². The van der Waals surface area contributed by atoms with Crippen molar-refractivity contribution >= 4 is 5.91 Å². The number of pyridine rings is 1. The molecule has 1 saturated heterocycles. The van der Waals surface area contributed by atoms with Crippen LogP contribution in [0.4, 0.5) is 0 Å². The second-order valence-corrected chi connectivity index (χ2v) is 7.95. The lowest BCUT2D eigenvalue weighted by Gasteiger charge is -2.31. The van der Waals surface area contributed by atoms with Crippen molar-refractivity contribution < 1.29 is 14.3 Å². The van der Waals surface area contributed by atoms with E-state index >= 15 is 0 Å². The standard InChI is InChI=1S/C22H23N5O4/c1-14-5-10-27(16-3-4-17-18(11-16)31-13-30-17)22(29)19(14)21(28)26-8-6-15(7-9-26)20-24-23-12-25(20)2/h3-5,10-12,15H,6-9,13H2,1-2H3. The first-order valence-electron chi connectivity index (χ1n) is 10.3. The fraction of sp³-hybridized carbons (Fsp3) is 0.364. The van der Waals surface area contributed by atoms with Crippen molar-refractivity contribution in [2.75, 3.05) is 19.9 Å². The Labute approximate surface area is 178 Å². The first-order chi connectivity index (χ1) is 15.0. The SMILES string of the molecule is Cc1ccn(-c2ccc3c(c2)OCO3)c(=O)c1C(=O)N1CCC(c2nncn2C)CC1. The Morgan fingerprint density at radius 3 is 2.65 bits per heavy atom. The summed E-state index contributed by atoms with van der Waals surface area (Å²) in [5.74, 6) is 2.20. The van der Waals surface area contributed by atoms with Crippen molar-refractivity contribution in [2.45, 2.75) is 25.7 Å². The summed E-state index contributed by atoms with van der Waals surface area (Å²) in [6.07, 6.45) is 4.96. The number of ether oxygens (including phenoxy) is 2. The Morgan fingerprint density at radius 2 is 1.90 bits per heavy atom. The minimum absolute atomic E-state index is 0.162. The maximum atomic E-state index is 13.3. The van der Waals surface area contributed by atoms with Gasteiger partial charge in [-0.05, 0) is 43.5 Å². The van der Waals surface area contributed by atoms with Crippen LogP contribution in [0.2, 0.25) is 0 Å². The average Bonchev–Trinajstić information content (AvgIpc) is 3.42. The van der Waals surface area contributed by atoms with Crippen LogP contribution in [0, 0.1) is 6.92 Å². The molecular formula is C22H23N5O4. The molecular weight excluding hydrogens is 398 g/mol. The fourth-order valence-electron chi connectivity index (χ4n) is 4.29. The largest absolute Gasteiger partial charge is 0.454 e. The lowest BCUT2D eigenvalue weighted by molar-refractivity contribution is 0.0707. The molecule has 0 unspecified atom stereocenters. The molecule has 0 saturated carbocycles. The quantitative estimate of drug-likeness (QED) is 0.643. The van der Waals surface area contributed by atoms with Gasteiger partial charge in [0.2, 0.25) is 6.79 Å². The number of carbonyl (C=O) groups is 1. The highest BCUT2D eigenvalue weighted by Crippen LogP contribution is 2.33. The Morgan fingerprint density at radius 1 is 1.13 bits per heavy atom. The first kappa shape index (κ1) is 19.3. The van der Waals surface area contributed by atoms with Gasteiger partial charge >= 0.3 is 0 Å². The molecule has 0 spiro atoms. The molecule has 160 valence electrons. The molecule has 0 radical (unpaired) electrons. The van der Waals surface area contributed by atoms with E-state index in [2.05, 4.69) is 10.2 Å². The number of nitrogens with zero attached hydrogens (tertiary/aromatic N) is 5. The number of hydrogen-bond acceptors (Lipinski definition) is 6. The molecule has 4 heterocycles. The van der Waals surface area contributed by atoms with Crippen molar-refractivity contribution in [3.63, 3.8) is 0 Å². The molecule has 3 aromatic rings. The van der Waals surface area contributed by atoms with E-state index in [1.807, 2.05) is 11.6 Å². The molecule has 0 atom stereocenters. The second-order valence-electron chi connectivity index (χ2n) is 7.95. The summed E-state index contributed by atoms with van der Waals surface area (Å²) in [6, 6.07) is 7.10. The lowest BCUT2D eigenvalue weighted by Crippen LogP contribution is -2.41. The van der Waals surface area contributed by atoms with E-state index in [9.17, 15) is 9.59 Å². The van der Waals surface area contributed by atoms with Crippen LogP contribution in [0.15, 0.2) is 41.6 Å². The molecule has 1 fully saturated rings. The average molecular weight is 421 g/mol. The third-order valence-electron chi connectivity index (χ3n) is 6.04. The van der Waals surface area contributed by atoms with Crippen molar-refractivity contribution in [1.82, 2.24) is 24.2 Å². The van der Waals surface area contributed by atoms with Crippen molar-refractivity contribution in [3.8, 4) is 17.2 Å². The second kappa shape index (κ2) is 7.57. The van der Waals surface area contributed by atoms with Gasteiger partial charge in [-0.2, -0.15) is 0 Å². The number of hydrogen-bond donors (Lipinski definition) is 0. The zero-order valence-corrected chi connectivity index (χ0v) is 17.4. The first-order valence-corrected chi connectivity index (χ1v) is 10.3. The molecule has 9 heteroatoms. The smallest absolute Gasteiger partial charge is 0.268 e. The molecule has 2 aliphatic heterocycles. The van der Waals surface area contributed by atoms with Gasteiger partial charge in [0.25, 0.3) is 11.5 Å². The highest BCUT2D eigenvalue weighted by Gasteiger charge is 2.29. The number of benzene rings is 1. The molecule has 9 nitrogen and oxygen atoms in total. The monoisotopic (exact) mass is 421 g/mol. The van der Waals surface area contributed by atoms with Crippen molar-refractivity contribution in [1.29, 1.82) is 0 Å². The molecule has 5 rings (SSSR count). The third kappa shape index (κ3) is 3.35. The number of rotatable bonds is 3. The number of aryl methyl sites for hydroxylation is 2. The van der Waals surface area contributed by atoms with Crippen molar-refractivity contribution in [2.24, 2.45) is 7.05 Å². The molecule has 2 aromatic heterocycles. The Balaban J connectivity index is 1.40. The highest BCUT2D eigenvalue weighted by atomic mass is 16.7. The maximum absolute atomic E-state index is 13.3. The minimum Gasteiger partial charge on any atom is -0.454 e. The van der Waals surface area contributed by atoms with Crippen LogP contribution >= 0.6 is 0 Å². The molecule has 0 N–H and O–H groups in total. The topological polar surface area (TPSA) is 91.5 Å². The van der Waals surface area contributed by atoms with E-state index in [0.717, 1.165) is 18.7 Å². The Bertz CT molecular complexity index is 1210. The van der Waals surface area contributed by atoms with Gasteiger partial charge < -0.3 is 18.9 Å². The zero-order chi connectivity index (χ0) is 21.5. The predicted octanol–water partition coefficient (Wildman–Crippen LogP) is 2.02. The number of likely N-dealkylation sites (tertiary alicyclic amines) is 1. The lowest BCUT2D eigenvalue weighted by atomic mass is 9.95. The maximum Gasteiger partial charge on any atom is 0.268 e. The van der Waals surface area contributed by atoms with Gasteiger partial charge in [-0.1, -0.05) is 0 Å². The fourth-order valence-corrected chi connectivity index (χ4v) is 4.29. The van der Waals surface area contributed by atoms with E-state index in [-0.39, 0.29) is 29.7 Å². The van der Waals surface area contributed by atoms with Crippen LogP contribution in [-0.4, -0.2) is 50.0 Å². The number of piperidine rings is 1. The van der Waals surface area contributed by atoms with Crippen LogP contribution < -0.4 is 15.0 Å². The van der Waals surface area contributed by atoms with E-state index in [4.69, 9.17) is 9.47 Å². The van der Waals surface area contributed by atoms with E-state index in [1.165, 1.54) is 4.57 Å². The van der Waals surface area contributed by atoms with E-state index in [1.54, 1.807) is 48.6 Å². The summed E-state index contributed by atoms with van der Waals surface area (Å²) in [6.45, 7) is 3.11. The highest BCUT2D eigenvalue weighted by molar-refractivity contribution is 5.95. The van der Waals surface area contributed by atoms with Crippen LogP contribution in [0.5, 0.6) is 11.5 Å². The summed E-state index contributed by atoms with van der Waals surface area (Å²) in [5, 5.41) is 8.16. The minimum atomic E-state index is -0.334. The van der Waals surface area contributed by atoms with Crippen molar-refractivity contribution in [3.05, 3.63) is 64.1 Å². The normalized spacial score (nSPS) is 16.0. The molecule has 31 heavy (non-hydrogen) atoms. The number of fused-ring (bicyclic) bond motifs is 1. The summed E-state index contributed by atoms with van der Waals surface area (Å²) in [4.78, 5) is 28.4. The Hall–Kier alpha value is -3.62. The number of aromatic nitrogens is 4. The van der Waals surface area contributed by atoms with Gasteiger partial charge in [-0.15, -0.1) is 10.2 Å². The summed E-state index contributed by atoms with van der Waals surface area (Å²) >= 11 is 0. The van der Waals surface area contributed by atoms with Crippen LogP contribution in [0.3, 0.4) is 0 Å². The van der Waals surface area contributed by atoms with Gasteiger partial charge in [-0.3, -0.25) is 14.2 Å². The summed E-state index contributed by atoms with van der Waals surface area (Å²) in [7, 11) is 1.93. The van der Waals surface area contributed by atoms with Crippen LogP contribution in [-0.2, 0) is 7.05 Å². The zero-order valence-electron chi connectivity index (χ0n) is 17.4. The predicted molar refractivity (Wildman–Crippen MR) is 112 cm³/mol. The Kier molecular flexibility index (Phi) is 4.72. The molecule has 1 aromatic carbocycles. The number of carbonyl (C=O) groups excluding carboxylic acids is 1. The molecule has 2 aliphatic rings. The van der Waals surface area contributed by atoms with Crippen LogP contribution in [0.1, 0.15) is 40.5 Å². The molecule has 0 aliphatic carbocycles. The van der Waals surface area contributed by atoms with E-state index < -0.39 is 0 Å².